The number of anilines is 2. The van der Waals surface area contributed by atoms with Crippen LogP contribution < -0.4 is 11.1 Å². The summed E-state index contributed by atoms with van der Waals surface area (Å²) in [6.07, 6.45) is 1.82. The van der Waals surface area contributed by atoms with Gasteiger partial charge in [0, 0.05) is 46.3 Å². The SMILES string of the molecule is Nc1ccc(NCC2CSCCS2)c2ncccc12. The average Bonchev–Trinajstić information content (AvgIpc) is 2.48. The van der Waals surface area contributed by atoms with Crippen LogP contribution in [0.4, 0.5) is 11.4 Å². The molecule has 3 N–H and O–H groups in total. The minimum atomic E-state index is 0.690. The molecule has 0 amide bonds. The minimum Gasteiger partial charge on any atom is -0.398 e. The highest BCUT2D eigenvalue weighted by Gasteiger charge is 2.14. The van der Waals surface area contributed by atoms with Crippen LogP contribution in [0.15, 0.2) is 30.5 Å². The van der Waals surface area contributed by atoms with Gasteiger partial charge in [0.2, 0.25) is 0 Å². The standard InChI is InChI=1S/C14H17N3S2/c15-12-3-4-13(14-11(12)2-1-5-16-14)17-8-10-9-18-6-7-19-10/h1-5,10,17H,6-9,15H2. The van der Waals surface area contributed by atoms with Gasteiger partial charge in [-0.2, -0.15) is 23.5 Å². The maximum absolute atomic E-state index is 5.99. The lowest BCUT2D eigenvalue weighted by Gasteiger charge is -2.22. The van der Waals surface area contributed by atoms with Gasteiger partial charge in [0.25, 0.3) is 0 Å². The van der Waals surface area contributed by atoms with E-state index < -0.39 is 0 Å². The quantitative estimate of drug-likeness (QED) is 0.851. The molecular weight excluding hydrogens is 274 g/mol. The second-order valence-corrected chi connectivity index (χ2v) is 7.11. The summed E-state index contributed by atoms with van der Waals surface area (Å²) in [5, 5.41) is 5.25. The Kier molecular flexibility index (Phi) is 4.03. The van der Waals surface area contributed by atoms with E-state index in [1.54, 1.807) is 0 Å². The van der Waals surface area contributed by atoms with E-state index in [0.29, 0.717) is 5.25 Å². The van der Waals surface area contributed by atoms with Crippen molar-refractivity contribution in [2.75, 3.05) is 34.9 Å². The highest BCUT2D eigenvalue weighted by molar-refractivity contribution is 8.06. The zero-order valence-electron chi connectivity index (χ0n) is 10.6. The van der Waals surface area contributed by atoms with Crippen molar-refractivity contribution in [3.63, 3.8) is 0 Å². The molecule has 100 valence electrons. The van der Waals surface area contributed by atoms with Crippen LogP contribution in [0.25, 0.3) is 10.9 Å². The lowest BCUT2D eigenvalue weighted by Crippen LogP contribution is -2.23. The molecule has 1 fully saturated rings. The molecule has 0 radical (unpaired) electrons. The number of pyridine rings is 1. The molecule has 2 heterocycles. The van der Waals surface area contributed by atoms with Crippen molar-refractivity contribution in [1.82, 2.24) is 4.98 Å². The molecule has 1 aromatic heterocycles. The van der Waals surface area contributed by atoms with Crippen LogP contribution in [-0.4, -0.2) is 34.0 Å². The third-order valence-corrected chi connectivity index (χ3v) is 6.05. The van der Waals surface area contributed by atoms with Crippen molar-refractivity contribution in [2.45, 2.75) is 5.25 Å². The molecule has 5 heteroatoms. The molecule has 0 aliphatic carbocycles. The van der Waals surface area contributed by atoms with E-state index in [9.17, 15) is 0 Å². The zero-order chi connectivity index (χ0) is 13.1. The van der Waals surface area contributed by atoms with Gasteiger partial charge in [-0.3, -0.25) is 4.98 Å². The second-order valence-electron chi connectivity index (χ2n) is 4.55. The fourth-order valence-electron chi connectivity index (χ4n) is 2.22. The molecule has 0 saturated carbocycles. The normalized spacial score (nSPS) is 19.5. The predicted molar refractivity (Wildman–Crippen MR) is 88.2 cm³/mol. The van der Waals surface area contributed by atoms with Crippen LogP contribution in [0.1, 0.15) is 0 Å². The van der Waals surface area contributed by atoms with Gasteiger partial charge in [0.05, 0.1) is 11.2 Å². The fraction of sp³-hybridized carbons (Fsp3) is 0.357. The molecule has 1 aliphatic heterocycles. The van der Waals surface area contributed by atoms with Gasteiger partial charge in [0.15, 0.2) is 0 Å². The lowest BCUT2D eigenvalue weighted by atomic mass is 10.1. The van der Waals surface area contributed by atoms with Gasteiger partial charge in [0.1, 0.15) is 0 Å². The van der Waals surface area contributed by atoms with Gasteiger partial charge in [-0.05, 0) is 24.3 Å². The van der Waals surface area contributed by atoms with E-state index in [0.717, 1.165) is 28.8 Å². The molecule has 3 rings (SSSR count). The summed E-state index contributed by atoms with van der Waals surface area (Å²) in [6.45, 7) is 0.993. The summed E-state index contributed by atoms with van der Waals surface area (Å²) in [5.41, 5.74) is 8.83. The molecule has 1 atom stereocenters. The summed E-state index contributed by atoms with van der Waals surface area (Å²) >= 11 is 4.11. The molecular formula is C14H17N3S2. The Balaban J connectivity index is 1.79. The summed E-state index contributed by atoms with van der Waals surface area (Å²) in [4.78, 5) is 4.45. The van der Waals surface area contributed by atoms with E-state index in [1.807, 2.05) is 42.2 Å². The Morgan fingerprint density at radius 1 is 1.32 bits per heavy atom. The topological polar surface area (TPSA) is 50.9 Å². The van der Waals surface area contributed by atoms with Crippen LogP contribution in [0.3, 0.4) is 0 Å². The number of hydrogen-bond acceptors (Lipinski definition) is 5. The highest BCUT2D eigenvalue weighted by Crippen LogP contribution is 2.28. The van der Waals surface area contributed by atoms with Gasteiger partial charge < -0.3 is 11.1 Å². The number of hydrogen-bond donors (Lipinski definition) is 2. The summed E-state index contributed by atoms with van der Waals surface area (Å²) < 4.78 is 0. The zero-order valence-corrected chi connectivity index (χ0v) is 12.3. The number of nitrogens with two attached hydrogens (primary N) is 1. The van der Waals surface area contributed by atoms with Gasteiger partial charge >= 0.3 is 0 Å². The average molecular weight is 291 g/mol. The maximum Gasteiger partial charge on any atom is 0.0953 e. The second kappa shape index (κ2) is 5.92. The molecule has 19 heavy (non-hydrogen) atoms. The number of rotatable bonds is 3. The molecule has 0 spiro atoms. The maximum atomic E-state index is 5.99. The summed E-state index contributed by atoms with van der Waals surface area (Å²) in [7, 11) is 0. The van der Waals surface area contributed by atoms with E-state index in [4.69, 9.17) is 5.73 Å². The largest absolute Gasteiger partial charge is 0.398 e. The first-order chi connectivity index (χ1) is 9.34. The monoisotopic (exact) mass is 291 g/mol. The number of thioether (sulfide) groups is 2. The van der Waals surface area contributed by atoms with E-state index in [1.165, 1.54) is 17.3 Å². The van der Waals surface area contributed by atoms with E-state index in [-0.39, 0.29) is 0 Å². The van der Waals surface area contributed by atoms with Gasteiger partial charge in [-0.1, -0.05) is 0 Å². The summed E-state index contributed by atoms with van der Waals surface area (Å²) in [5.74, 6) is 3.78. The third-order valence-electron chi connectivity index (χ3n) is 3.21. The van der Waals surface area contributed by atoms with Crippen molar-refractivity contribution < 1.29 is 0 Å². The number of nitrogen functional groups attached to an aromatic ring is 1. The van der Waals surface area contributed by atoms with Crippen molar-refractivity contribution >= 4 is 45.8 Å². The Morgan fingerprint density at radius 2 is 2.26 bits per heavy atom. The van der Waals surface area contributed by atoms with Gasteiger partial charge in [-0.15, -0.1) is 0 Å². The van der Waals surface area contributed by atoms with Gasteiger partial charge in [-0.25, -0.2) is 0 Å². The van der Waals surface area contributed by atoms with Crippen molar-refractivity contribution in [1.29, 1.82) is 0 Å². The van der Waals surface area contributed by atoms with Crippen LogP contribution in [0, 0.1) is 0 Å². The molecule has 1 saturated heterocycles. The Bertz CT molecular complexity index is 568. The number of nitrogens with one attached hydrogen (secondary N) is 1. The number of nitrogens with zero attached hydrogens (tertiary/aromatic N) is 1. The van der Waals surface area contributed by atoms with Crippen molar-refractivity contribution in [2.24, 2.45) is 0 Å². The fourth-order valence-corrected chi connectivity index (χ4v) is 4.83. The van der Waals surface area contributed by atoms with Crippen LogP contribution in [0.2, 0.25) is 0 Å². The third kappa shape index (κ3) is 2.92. The minimum absolute atomic E-state index is 0.690. The highest BCUT2D eigenvalue weighted by atomic mass is 32.2. The van der Waals surface area contributed by atoms with Crippen molar-refractivity contribution in [3.8, 4) is 0 Å². The van der Waals surface area contributed by atoms with Crippen LogP contribution in [0.5, 0.6) is 0 Å². The smallest absolute Gasteiger partial charge is 0.0953 e. The Morgan fingerprint density at radius 3 is 3.11 bits per heavy atom. The van der Waals surface area contributed by atoms with Crippen molar-refractivity contribution in [3.05, 3.63) is 30.5 Å². The Labute approximate surface area is 121 Å². The molecule has 1 unspecified atom stereocenters. The lowest BCUT2D eigenvalue weighted by molar-refractivity contribution is 1.01. The van der Waals surface area contributed by atoms with E-state index >= 15 is 0 Å². The number of fused-ring (bicyclic) bond motifs is 1. The molecule has 1 aliphatic rings. The molecule has 0 bridgehead atoms. The number of aromatic nitrogens is 1. The molecule has 1 aromatic carbocycles. The van der Waals surface area contributed by atoms with E-state index in [2.05, 4.69) is 22.1 Å². The first-order valence-electron chi connectivity index (χ1n) is 6.41. The molecule has 2 aromatic rings. The molecule has 3 nitrogen and oxygen atoms in total. The summed E-state index contributed by atoms with van der Waals surface area (Å²) in [6, 6.07) is 7.94. The first-order valence-corrected chi connectivity index (χ1v) is 8.61. The first kappa shape index (κ1) is 12.9. The Hall–Kier alpha value is -1.07. The predicted octanol–water partition coefficient (Wildman–Crippen LogP) is 3.08. The number of benzene rings is 1. The van der Waals surface area contributed by atoms with Crippen LogP contribution >= 0.6 is 23.5 Å². The van der Waals surface area contributed by atoms with Crippen LogP contribution in [-0.2, 0) is 0 Å².